The van der Waals surface area contributed by atoms with E-state index in [1.165, 1.54) is 16.7 Å². The molecule has 0 aromatic heterocycles. The average Bonchev–Trinajstić information content (AvgIpc) is 2.99. The van der Waals surface area contributed by atoms with E-state index in [0.717, 1.165) is 45.7 Å². The van der Waals surface area contributed by atoms with Crippen molar-refractivity contribution in [2.75, 3.05) is 32.8 Å². The third-order valence-electron chi connectivity index (χ3n) is 4.05. The first kappa shape index (κ1) is 13.8. The molecule has 2 aliphatic rings. The van der Waals surface area contributed by atoms with Crippen LogP contribution in [0.3, 0.4) is 0 Å². The van der Waals surface area contributed by atoms with Crippen molar-refractivity contribution >= 4 is 5.57 Å². The van der Waals surface area contributed by atoms with Crippen LogP contribution in [0, 0.1) is 6.92 Å². The molecule has 0 unspecified atom stereocenters. The van der Waals surface area contributed by atoms with Gasteiger partial charge < -0.3 is 9.47 Å². The molecular formula is C17H23NO2. The van der Waals surface area contributed by atoms with Gasteiger partial charge in [-0.15, -0.1) is 0 Å². The molecule has 3 rings (SSSR count). The third kappa shape index (κ3) is 3.48. The van der Waals surface area contributed by atoms with Gasteiger partial charge in [0, 0.05) is 26.1 Å². The van der Waals surface area contributed by atoms with Crippen molar-refractivity contribution in [3.05, 3.63) is 41.5 Å². The second-order valence-corrected chi connectivity index (χ2v) is 5.61. The van der Waals surface area contributed by atoms with E-state index in [-0.39, 0.29) is 6.29 Å². The Labute approximate surface area is 121 Å². The number of ether oxygens (including phenoxy) is 2. The Hall–Kier alpha value is -1.16. The molecule has 0 spiro atoms. The van der Waals surface area contributed by atoms with Gasteiger partial charge in [-0.1, -0.05) is 35.9 Å². The van der Waals surface area contributed by atoms with E-state index in [4.69, 9.17) is 9.47 Å². The Bertz CT molecular complexity index is 478. The fourth-order valence-electron chi connectivity index (χ4n) is 2.88. The van der Waals surface area contributed by atoms with Gasteiger partial charge >= 0.3 is 0 Å². The predicted molar refractivity (Wildman–Crippen MR) is 80.5 cm³/mol. The highest BCUT2D eigenvalue weighted by Gasteiger charge is 2.18. The lowest BCUT2D eigenvalue weighted by Crippen LogP contribution is -2.31. The van der Waals surface area contributed by atoms with Gasteiger partial charge in [-0.2, -0.15) is 0 Å². The number of hydrogen-bond acceptors (Lipinski definition) is 3. The van der Waals surface area contributed by atoms with Crippen molar-refractivity contribution in [1.29, 1.82) is 0 Å². The van der Waals surface area contributed by atoms with Crippen LogP contribution in [0.4, 0.5) is 0 Å². The summed E-state index contributed by atoms with van der Waals surface area (Å²) < 4.78 is 11.0. The minimum atomic E-state index is 0.0251. The Morgan fingerprint density at radius 1 is 1.25 bits per heavy atom. The molecular weight excluding hydrogens is 250 g/mol. The average molecular weight is 273 g/mol. The van der Waals surface area contributed by atoms with Crippen LogP contribution >= 0.6 is 0 Å². The molecule has 0 saturated carbocycles. The molecule has 0 radical (unpaired) electrons. The van der Waals surface area contributed by atoms with Crippen molar-refractivity contribution in [2.45, 2.75) is 26.1 Å². The minimum Gasteiger partial charge on any atom is -0.350 e. The smallest absolute Gasteiger partial charge is 0.159 e. The summed E-state index contributed by atoms with van der Waals surface area (Å²) in [4.78, 5) is 2.48. The Balaban J connectivity index is 1.52. The number of rotatable bonds is 4. The highest BCUT2D eigenvalue weighted by molar-refractivity contribution is 5.67. The Morgan fingerprint density at radius 2 is 2.10 bits per heavy atom. The standard InChI is InChI=1S/C17H23NO2/c1-14-3-2-4-16(13-14)15-5-8-18(9-6-15)10-7-17-19-11-12-20-17/h2-5,13,17H,6-12H2,1H3. The molecule has 1 saturated heterocycles. The normalized spacial score (nSPS) is 21.1. The topological polar surface area (TPSA) is 21.7 Å². The summed E-state index contributed by atoms with van der Waals surface area (Å²) in [6.45, 7) is 6.88. The maximum atomic E-state index is 5.48. The molecule has 20 heavy (non-hydrogen) atoms. The molecule has 0 atom stereocenters. The van der Waals surface area contributed by atoms with Crippen LogP contribution in [-0.2, 0) is 9.47 Å². The molecule has 1 aromatic rings. The molecule has 0 aliphatic carbocycles. The minimum absolute atomic E-state index is 0.0251. The van der Waals surface area contributed by atoms with Gasteiger partial charge in [0.05, 0.1) is 13.2 Å². The van der Waals surface area contributed by atoms with Gasteiger partial charge in [0.25, 0.3) is 0 Å². The van der Waals surface area contributed by atoms with Crippen molar-refractivity contribution in [3.8, 4) is 0 Å². The van der Waals surface area contributed by atoms with Gasteiger partial charge in [0.15, 0.2) is 6.29 Å². The largest absolute Gasteiger partial charge is 0.350 e. The first-order valence-corrected chi connectivity index (χ1v) is 7.53. The number of nitrogens with zero attached hydrogens (tertiary/aromatic N) is 1. The maximum absolute atomic E-state index is 5.48. The summed E-state index contributed by atoms with van der Waals surface area (Å²) >= 11 is 0. The SMILES string of the molecule is Cc1cccc(C2=CCN(CCC3OCCO3)CC2)c1. The molecule has 0 bridgehead atoms. The molecule has 2 heterocycles. The predicted octanol–water partition coefficient (Wildman–Crippen LogP) is 2.85. The van der Waals surface area contributed by atoms with Gasteiger partial charge in [-0.05, 0) is 24.5 Å². The second-order valence-electron chi connectivity index (χ2n) is 5.61. The van der Waals surface area contributed by atoms with Crippen molar-refractivity contribution in [1.82, 2.24) is 4.90 Å². The number of benzene rings is 1. The molecule has 1 aromatic carbocycles. The van der Waals surface area contributed by atoms with E-state index in [1.54, 1.807) is 0 Å². The van der Waals surface area contributed by atoms with E-state index < -0.39 is 0 Å². The quantitative estimate of drug-likeness (QED) is 0.842. The summed E-state index contributed by atoms with van der Waals surface area (Å²) in [5.41, 5.74) is 4.20. The van der Waals surface area contributed by atoms with Gasteiger partial charge in [0.1, 0.15) is 0 Å². The van der Waals surface area contributed by atoms with Crippen LogP contribution < -0.4 is 0 Å². The highest BCUT2D eigenvalue weighted by Crippen LogP contribution is 2.23. The van der Waals surface area contributed by atoms with Crippen LogP contribution in [0.5, 0.6) is 0 Å². The van der Waals surface area contributed by atoms with Crippen LogP contribution in [0.25, 0.3) is 5.57 Å². The second kappa shape index (κ2) is 6.53. The van der Waals surface area contributed by atoms with E-state index >= 15 is 0 Å². The van der Waals surface area contributed by atoms with Crippen molar-refractivity contribution in [2.24, 2.45) is 0 Å². The molecule has 0 N–H and O–H groups in total. The first-order valence-electron chi connectivity index (χ1n) is 7.53. The van der Waals surface area contributed by atoms with E-state index in [0.29, 0.717) is 0 Å². The van der Waals surface area contributed by atoms with E-state index in [2.05, 4.69) is 42.2 Å². The lowest BCUT2D eigenvalue weighted by molar-refractivity contribution is -0.0511. The fourth-order valence-corrected chi connectivity index (χ4v) is 2.88. The van der Waals surface area contributed by atoms with Crippen LogP contribution in [-0.4, -0.2) is 44.0 Å². The van der Waals surface area contributed by atoms with Crippen molar-refractivity contribution < 1.29 is 9.47 Å². The molecule has 2 aliphatic heterocycles. The van der Waals surface area contributed by atoms with Gasteiger partial charge in [-0.3, -0.25) is 4.90 Å². The summed E-state index contributed by atoms with van der Waals surface area (Å²) in [5, 5.41) is 0. The molecule has 3 heteroatoms. The highest BCUT2D eigenvalue weighted by atomic mass is 16.7. The van der Waals surface area contributed by atoms with Gasteiger partial charge in [-0.25, -0.2) is 0 Å². The van der Waals surface area contributed by atoms with Crippen LogP contribution in [0.2, 0.25) is 0 Å². The summed E-state index contributed by atoms with van der Waals surface area (Å²) in [7, 11) is 0. The molecule has 108 valence electrons. The third-order valence-corrected chi connectivity index (χ3v) is 4.05. The summed E-state index contributed by atoms with van der Waals surface area (Å²) in [6, 6.07) is 8.80. The summed E-state index contributed by atoms with van der Waals surface area (Å²) in [6.07, 6.45) is 4.51. The molecule has 1 fully saturated rings. The molecule has 0 amide bonds. The lowest BCUT2D eigenvalue weighted by atomic mass is 9.98. The lowest BCUT2D eigenvalue weighted by Gasteiger charge is -2.27. The number of hydrogen-bond donors (Lipinski definition) is 0. The zero-order valence-electron chi connectivity index (χ0n) is 12.2. The zero-order chi connectivity index (χ0) is 13.8. The number of aryl methyl sites for hydroxylation is 1. The Morgan fingerprint density at radius 3 is 2.80 bits per heavy atom. The van der Waals surface area contributed by atoms with Crippen LogP contribution in [0.1, 0.15) is 24.0 Å². The maximum Gasteiger partial charge on any atom is 0.159 e. The van der Waals surface area contributed by atoms with Gasteiger partial charge in [0.2, 0.25) is 0 Å². The Kier molecular flexibility index (Phi) is 4.51. The summed E-state index contributed by atoms with van der Waals surface area (Å²) in [5.74, 6) is 0. The van der Waals surface area contributed by atoms with Crippen LogP contribution in [0.15, 0.2) is 30.3 Å². The zero-order valence-corrected chi connectivity index (χ0v) is 12.2. The van der Waals surface area contributed by atoms with E-state index in [9.17, 15) is 0 Å². The molecule has 3 nitrogen and oxygen atoms in total. The first-order chi connectivity index (χ1) is 9.81. The van der Waals surface area contributed by atoms with E-state index in [1.807, 2.05) is 0 Å². The fraction of sp³-hybridized carbons (Fsp3) is 0.529. The monoisotopic (exact) mass is 273 g/mol. The van der Waals surface area contributed by atoms with Crippen molar-refractivity contribution in [3.63, 3.8) is 0 Å².